The zero-order chi connectivity index (χ0) is 15.6. The number of benzene rings is 3. The van der Waals surface area contributed by atoms with Gasteiger partial charge in [-0.3, -0.25) is 0 Å². The van der Waals surface area contributed by atoms with Crippen LogP contribution in [-0.2, 0) is 0 Å². The highest BCUT2D eigenvalue weighted by Crippen LogP contribution is 2.32. The number of rotatable bonds is 1. The lowest BCUT2D eigenvalue weighted by molar-refractivity contribution is 0.299. The maximum Gasteiger partial charge on any atom is 0.394 e. The molecule has 5 aromatic rings. The summed E-state index contributed by atoms with van der Waals surface area (Å²) < 4.78 is 16.3. The van der Waals surface area contributed by atoms with Crippen molar-refractivity contribution in [2.45, 2.75) is 0 Å². The zero-order valence-electron chi connectivity index (χ0n) is 12.2. The molecule has 1 unspecified atom stereocenters. The summed E-state index contributed by atoms with van der Waals surface area (Å²) in [6.45, 7) is 0. The molecule has 112 valence electrons. The maximum atomic E-state index is 5.63. The normalized spacial score (nSPS) is 11.9. The van der Waals surface area contributed by atoms with E-state index in [2.05, 4.69) is 31.3 Å². The first-order chi connectivity index (χ1) is 11.2. The van der Waals surface area contributed by atoms with Crippen molar-refractivity contribution < 1.29 is 13.6 Å². The van der Waals surface area contributed by atoms with E-state index in [1.165, 1.54) is 0 Å². The van der Waals surface area contributed by atoms with E-state index in [0.29, 0.717) is 11.2 Å². The van der Waals surface area contributed by atoms with Gasteiger partial charge in [0.15, 0.2) is 11.2 Å². The molecule has 0 bridgehead atoms. The standard InChI is InChI=1S/C17H11N2O3P/c1-20-16-18-12-4-8-2-3-9-5-13-15(22-17(23)19-13)7-11(9)10(8)6-14(12)21-16/h2-7H,23H2,1H3. The SMILES string of the molecule is COc1nc2cc3ccc4cc5nc(P)oc5cc4c3cc2o1. The van der Waals surface area contributed by atoms with E-state index in [4.69, 9.17) is 13.6 Å². The summed E-state index contributed by atoms with van der Waals surface area (Å²) in [5.74, 6) is 0. The molecule has 0 aliphatic heterocycles. The van der Waals surface area contributed by atoms with E-state index in [0.717, 1.165) is 38.2 Å². The second-order valence-corrected chi connectivity index (χ2v) is 5.88. The van der Waals surface area contributed by atoms with Crippen LogP contribution in [0.25, 0.3) is 43.7 Å². The van der Waals surface area contributed by atoms with Crippen molar-refractivity contribution in [3.05, 3.63) is 36.4 Å². The Balaban J connectivity index is 1.93. The summed E-state index contributed by atoms with van der Waals surface area (Å²) >= 11 is 0. The van der Waals surface area contributed by atoms with Crippen LogP contribution < -0.4 is 10.4 Å². The van der Waals surface area contributed by atoms with E-state index >= 15 is 0 Å². The van der Waals surface area contributed by atoms with Crippen LogP contribution in [-0.4, -0.2) is 17.1 Å². The Morgan fingerprint density at radius 2 is 1.48 bits per heavy atom. The second kappa shape index (κ2) is 4.43. The third kappa shape index (κ3) is 1.83. The molecule has 0 amide bonds. The molecule has 23 heavy (non-hydrogen) atoms. The third-order valence-corrected chi connectivity index (χ3v) is 4.27. The Kier molecular flexibility index (Phi) is 2.48. The van der Waals surface area contributed by atoms with Gasteiger partial charge in [0, 0.05) is 0 Å². The van der Waals surface area contributed by atoms with Crippen LogP contribution in [0, 0.1) is 0 Å². The summed E-state index contributed by atoms with van der Waals surface area (Å²) in [4.78, 5) is 8.65. The zero-order valence-corrected chi connectivity index (χ0v) is 13.3. The van der Waals surface area contributed by atoms with E-state index in [-0.39, 0.29) is 6.08 Å². The van der Waals surface area contributed by atoms with E-state index < -0.39 is 0 Å². The molecule has 0 saturated carbocycles. The molecule has 2 heterocycles. The Hall–Kier alpha value is -2.65. The van der Waals surface area contributed by atoms with Gasteiger partial charge < -0.3 is 13.6 Å². The number of aromatic nitrogens is 2. The molecular weight excluding hydrogens is 311 g/mol. The third-order valence-electron chi connectivity index (χ3n) is 4.02. The number of oxazole rings is 2. The Labute approximate surface area is 132 Å². The highest BCUT2D eigenvalue weighted by atomic mass is 31.0. The lowest BCUT2D eigenvalue weighted by Crippen LogP contribution is -1.84. The van der Waals surface area contributed by atoms with E-state index in [9.17, 15) is 0 Å². The van der Waals surface area contributed by atoms with Gasteiger partial charge in [-0.05, 0) is 55.1 Å². The van der Waals surface area contributed by atoms with Gasteiger partial charge >= 0.3 is 6.08 Å². The largest absolute Gasteiger partial charge is 0.453 e. The molecule has 0 fully saturated rings. The van der Waals surface area contributed by atoms with Gasteiger partial charge in [-0.1, -0.05) is 12.1 Å². The molecular formula is C17H11N2O3P. The number of hydrogen-bond acceptors (Lipinski definition) is 5. The lowest BCUT2D eigenvalue weighted by atomic mass is 10.0. The first-order valence-corrected chi connectivity index (χ1v) is 7.66. The van der Waals surface area contributed by atoms with Crippen molar-refractivity contribution in [1.82, 2.24) is 9.97 Å². The highest BCUT2D eigenvalue weighted by molar-refractivity contribution is 7.26. The van der Waals surface area contributed by atoms with E-state index in [1.807, 2.05) is 24.3 Å². The van der Waals surface area contributed by atoms with Crippen LogP contribution in [0.2, 0.25) is 0 Å². The van der Waals surface area contributed by atoms with Crippen LogP contribution in [0.3, 0.4) is 0 Å². The number of fused-ring (bicyclic) bond motifs is 5. The number of methoxy groups -OCH3 is 1. The summed E-state index contributed by atoms with van der Waals surface area (Å²) in [5.41, 5.74) is 3.68. The molecule has 1 atom stereocenters. The van der Waals surface area contributed by atoms with Crippen molar-refractivity contribution in [3.8, 4) is 6.08 Å². The molecule has 0 aliphatic carbocycles. The smallest absolute Gasteiger partial charge is 0.394 e. The van der Waals surface area contributed by atoms with Gasteiger partial charge in [-0.25, -0.2) is 4.98 Å². The lowest BCUT2D eigenvalue weighted by Gasteiger charge is -2.03. The fourth-order valence-electron chi connectivity index (χ4n) is 2.99. The molecule has 5 rings (SSSR count). The predicted molar refractivity (Wildman–Crippen MR) is 92.5 cm³/mol. The van der Waals surface area contributed by atoms with Crippen molar-refractivity contribution in [2.24, 2.45) is 0 Å². The summed E-state index contributed by atoms with van der Waals surface area (Å²) in [7, 11) is 4.03. The Bertz CT molecular complexity index is 1220. The molecule has 0 aliphatic rings. The fraction of sp³-hybridized carbons (Fsp3) is 0.0588. The molecule has 6 heteroatoms. The average molecular weight is 322 g/mol. The van der Waals surface area contributed by atoms with Gasteiger partial charge in [0.05, 0.1) is 7.11 Å². The van der Waals surface area contributed by atoms with Gasteiger partial charge in [0.25, 0.3) is 0 Å². The molecule has 0 N–H and O–H groups in total. The molecule has 2 aromatic heterocycles. The molecule has 0 spiro atoms. The summed E-state index contributed by atoms with van der Waals surface area (Å²) in [5, 5.41) is 4.37. The van der Waals surface area contributed by atoms with Gasteiger partial charge in [-0.15, -0.1) is 0 Å². The maximum absolute atomic E-state index is 5.63. The monoisotopic (exact) mass is 322 g/mol. The molecule has 0 radical (unpaired) electrons. The Morgan fingerprint density at radius 1 is 0.870 bits per heavy atom. The van der Waals surface area contributed by atoms with Crippen molar-refractivity contribution in [2.75, 3.05) is 7.11 Å². The van der Waals surface area contributed by atoms with Gasteiger partial charge in [0.2, 0.25) is 5.63 Å². The molecule has 3 aromatic carbocycles. The minimum Gasteiger partial charge on any atom is -0.453 e. The quantitative estimate of drug-likeness (QED) is 0.347. The van der Waals surface area contributed by atoms with Crippen molar-refractivity contribution in [3.63, 3.8) is 0 Å². The Morgan fingerprint density at radius 3 is 2.13 bits per heavy atom. The van der Waals surface area contributed by atoms with Crippen LogP contribution in [0.5, 0.6) is 6.08 Å². The van der Waals surface area contributed by atoms with Crippen molar-refractivity contribution >= 4 is 58.6 Å². The van der Waals surface area contributed by atoms with Crippen molar-refractivity contribution in [1.29, 1.82) is 0 Å². The van der Waals surface area contributed by atoms with E-state index in [1.54, 1.807) is 7.11 Å². The summed E-state index contributed by atoms with van der Waals surface area (Å²) in [6, 6.07) is 12.2. The minimum atomic E-state index is 0.268. The number of hydrogen-bond donors (Lipinski definition) is 0. The minimum absolute atomic E-state index is 0.268. The molecule has 0 saturated heterocycles. The average Bonchev–Trinajstić information content (AvgIpc) is 3.11. The first kappa shape index (κ1) is 12.9. The molecule has 5 nitrogen and oxygen atoms in total. The van der Waals surface area contributed by atoms with Crippen LogP contribution in [0.4, 0.5) is 0 Å². The fourth-order valence-corrected chi connectivity index (χ4v) is 3.25. The van der Waals surface area contributed by atoms with Crippen LogP contribution >= 0.6 is 9.24 Å². The topological polar surface area (TPSA) is 61.3 Å². The number of ether oxygens (including phenoxy) is 1. The number of nitrogens with zero attached hydrogens (tertiary/aromatic N) is 2. The van der Waals surface area contributed by atoms with Gasteiger partial charge in [-0.2, -0.15) is 4.98 Å². The second-order valence-electron chi connectivity index (χ2n) is 5.38. The van der Waals surface area contributed by atoms with Crippen LogP contribution in [0.15, 0.2) is 45.2 Å². The van der Waals surface area contributed by atoms with Crippen LogP contribution in [0.1, 0.15) is 0 Å². The predicted octanol–water partition coefficient (Wildman–Crippen LogP) is 3.78. The van der Waals surface area contributed by atoms with Gasteiger partial charge in [0.1, 0.15) is 11.0 Å². The first-order valence-electron chi connectivity index (χ1n) is 7.08. The highest BCUT2D eigenvalue weighted by Gasteiger charge is 2.11. The summed E-state index contributed by atoms with van der Waals surface area (Å²) in [6.07, 6.45) is 0.268.